The molecule has 1 aromatic rings. The third kappa shape index (κ3) is 4.36. The minimum absolute atomic E-state index is 0.00811. The van der Waals surface area contributed by atoms with Crippen molar-refractivity contribution in [2.45, 2.75) is 69.0 Å². The fraction of sp³-hybridized carbons (Fsp3) is 0.654. The molecule has 3 N–H and O–H groups in total. The van der Waals surface area contributed by atoms with E-state index < -0.39 is 28.7 Å². The number of likely N-dealkylation sites (tertiary alicyclic amines) is 1. The standard InChI is InChI=1S/C26H36ClN3O4S/c1-5-10-28-23(32)20-19-12-15(4)26(35-19)21(20)25(34)30(16(13-31)11-14(2)3)22(26)24(33)29-18-9-7-6-8-17(18)27/h6-9,14-16,19-22,31H,5,10-13H2,1-4H3,(H,28,32)(H,29,33)/t15?,16-,19-,20+,21+,22?,26?/m1/s1. The molecule has 3 aliphatic heterocycles. The van der Waals surface area contributed by atoms with Gasteiger partial charge in [0.25, 0.3) is 0 Å². The van der Waals surface area contributed by atoms with Crippen LogP contribution >= 0.6 is 23.4 Å². The van der Waals surface area contributed by atoms with E-state index >= 15 is 0 Å². The number of nitrogens with one attached hydrogen (secondary N) is 2. The average Bonchev–Trinajstić information content (AvgIpc) is 3.41. The van der Waals surface area contributed by atoms with Gasteiger partial charge in [0.1, 0.15) is 6.04 Å². The molecule has 192 valence electrons. The summed E-state index contributed by atoms with van der Waals surface area (Å²) in [6.07, 6.45) is 2.15. The van der Waals surface area contributed by atoms with Gasteiger partial charge in [-0.05, 0) is 43.2 Å². The maximum absolute atomic E-state index is 14.1. The van der Waals surface area contributed by atoms with Crippen LogP contribution in [0, 0.1) is 23.7 Å². The molecule has 3 heterocycles. The Bertz CT molecular complexity index is 991. The van der Waals surface area contributed by atoms with Gasteiger partial charge in [-0.15, -0.1) is 11.8 Å². The van der Waals surface area contributed by atoms with Gasteiger partial charge in [0.2, 0.25) is 17.7 Å². The van der Waals surface area contributed by atoms with Crippen LogP contribution in [0.4, 0.5) is 5.69 Å². The molecule has 3 unspecified atom stereocenters. The van der Waals surface area contributed by atoms with E-state index in [1.165, 1.54) is 0 Å². The number of thioether (sulfide) groups is 1. The summed E-state index contributed by atoms with van der Waals surface area (Å²) in [5.74, 6) is -1.40. The number of fused-ring (bicyclic) bond motifs is 1. The fourth-order valence-corrected chi connectivity index (χ4v) is 8.99. The van der Waals surface area contributed by atoms with Gasteiger partial charge in [-0.3, -0.25) is 14.4 Å². The number of halogens is 1. The summed E-state index contributed by atoms with van der Waals surface area (Å²) in [5, 5.41) is 16.7. The number of nitrogens with zero attached hydrogens (tertiary/aromatic N) is 1. The number of para-hydroxylation sites is 1. The van der Waals surface area contributed by atoms with Crippen molar-refractivity contribution in [3.8, 4) is 0 Å². The lowest BCUT2D eigenvalue weighted by atomic mass is 9.66. The zero-order chi connectivity index (χ0) is 25.5. The summed E-state index contributed by atoms with van der Waals surface area (Å²) < 4.78 is -0.730. The largest absolute Gasteiger partial charge is 0.394 e. The fourth-order valence-electron chi connectivity index (χ4n) is 6.40. The molecule has 3 saturated heterocycles. The highest BCUT2D eigenvalue weighted by Crippen LogP contribution is 2.68. The normalized spacial score (nSPS) is 32.1. The maximum Gasteiger partial charge on any atom is 0.248 e. The quantitative estimate of drug-likeness (QED) is 0.461. The molecule has 3 fully saturated rings. The van der Waals surface area contributed by atoms with E-state index in [0.717, 1.165) is 12.8 Å². The zero-order valence-electron chi connectivity index (χ0n) is 20.8. The Balaban J connectivity index is 1.77. The Morgan fingerprint density at radius 1 is 1.29 bits per heavy atom. The van der Waals surface area contributed by atoms with Gasteiger partial charge in [-0.1, -0.05) is 51.4 Å². The van der Waals surface area contributed by atoms with Crippen molar-refractivity contribution in [2.75, 3.05) is 18.5 Å². The summed E-state index contributed by atoms with van der Waals surface area (Å²) in [6, 6.07) is 5.72. The van der Waals surface area contributed by atoms with Crippen LogP contribution in [0.25, 0.3) is 0 Å². The Kier molecular flexibility index (Phi) is 7.74. The van der Waals surface area contributed by atoms with Crippen molar-refractivity contribution in [2.24, 2.45) is 23.7 Å². The molecule has 2 bridgehead atoms. The Morgan fingerprint density at radius 3 is 2.63 bits per heavy atom. The molecule has 3 aliphatic rings. The van der Waals surface area contributed by atoms with Gasteiger partial charge in [0.05, 0.1) is 39.9 Å². The number of anilines is 1. The summed E-state index contributed by atoms with van der Waals surface area (Å²) in [4.78, 5) is 43.0. The molecule has 3 amide bonds. The van der Waals surface area contributed by atoms with E-state index in [4.69, 9.17) is 11.6 Å². The molecule has 0 radical (unpaired) electrons. The van der Waals surface area contributed by atoms with Crippen molar-refractivity contribution in [3.05, 3.63) is 29.3 Å². The van der Waals surface area contributed by atoms with Crippen LogP contribution in [0.1, 0.15) is 47.0 Å². The minimum atomic E-state index is -0.804. The minimum Gasteiger partial charge on any atom is -0.394 e. The lowest BCUT2D eigenvalue weighted by Crippen LogP contribution is -2.57. The number of aliphatic hydroxyl groups is 1. The van der Waals surface area contributed by atoms with E-state index in [-0.39, 0.29) is 41.4 Å². The maximum atomic E-state index is 14.1. The van der Waals surface area contributed by atoms with Crippen molar-refractivity contribution in [3.63, 3.8) is 0 Å². The molecule has 0 saturated carbocycles. The number of carbonyl (C=O) groups is 3. The first-order chi connectivity index (χ1) is 16.7. The first-order valence-electron chi connectivity index (χ1n) is 12.6. The van der Waals surface area contributed by atoms with E-state index in [1.807, 2.05) is 20.8 Å². The Hall–Kier alpha value is -1.77. The summed E-state index contributed by atoms with van der Waals surface area (Å²) in [5.41, 5.74) is 0.484. The molecule has 7 atom stereocenters. The van der Waals surface area contributed by atoms with Crippen LogP contribution in [0.5, 0.6) is 0 Å². The lowest BCUT2D eigenvalue weighted by Gasteiger charge is -2.40. The predicted molar refractivity (Wildman–Crippen MR) is 139 cm³/mol. The summed E-state index contributed by atoms with van der Waals surface area (Å²) in [7, 11) is 0. The van der Waals surface area contributed by atoms with Gasteiger partial charge in [0, 0.05) is 11.8 Å². The average molecular weight is 522 g/mol. The third-order valence-corrected chi connectivity index (χ3v) is 10.2. The second-order valence-electron chi connectivity index (χ2n) is 10.5. The van der Waals surface area contributed by atoms with Gasteiger partial charge in [0.15, 0.2) is 0 Å². The molecule has 4 rings (SSSR count). The number of rotatable bonds is 9. The van der Waals surface area contributed by atoms with Crippen LogP contribution in [0.2, 0.25) is 5.02 Å². The Morgan fingerprint density at radius 2 is 2.00 bits per heavy atom. The molecule has 1 spiro atoms. The molecular formula is C26H36ClN3O4S. The second kappa shape index (κ2) is 10.3. The first kappa shape index (κ1) is 26.3. The number of carbonyl (C=O) groups excluding carboxylic acids is 3. The highest BCUT2D eigenvalue weighted by atomic mass is 35.5. The van der Waals surface area contributed by atoms with Crippen molar-refractivity contribution >= 4 is 46.8 Å². The van der Waals surface area contributed by atoms with Gasteiger partial charge in [-0.2, -0.15) is 0 Å². The number of benzene rings is 1. The van der Waals surface area contributed by atoms with Crippen LogP contribution in [0.15, 0.2) is 24.3 Å². The monoisotopic (exact) mass is 521 g/mol. The number of aliphatic hydroxyl groups excluding tert-OH is 1. The number of hydrogen-bond donors (Lipinski definition) is 3. The van der Waals surface area contributed by atoms with Crippen LogP contribution in [0.3, 0.4) is 0 Å². The molecule has 35 heavy (non-hydrogen) atoms. The predicted octanol–water partition coefficient (Wildman–Crippen LogP) is 3.55. The van der Waals surface area contributed by atoms with E-state index in [1.54, 1.807) is 40.9 Å². The number of hydrogen-bond acceptors (Lipinski definition) is 5. The van der Waals surface area contributed by atoms with Crippen LogP contribution < -0.4 is 10.6 Å². The third-order valence-electron chi connectivity index (χ3n) is 7.76. The lowest BCUT2D eigenvalue weighted by molar-refractivity contribution is -0.142. The molecule has 1 aromatic carbocycles. The highest BCUT2D eigenvalue weighted by molar-refractivity contribution is 8.02. The van der Waals surface area contributed by atoms with Gasteiger partial charge < -0.3 is 20.6 Å². The van der Waals surface area contributed by atoms with E-state index in [9.17, 15) is 19.5 Å². The van der Waals surface area contributed by atoms with Crippen LogP contribution in [-0.2, 0) is 14.4 Å². The highest BCUT2D eigenvalue weighted by Gasteiger charge is 2.76. The van der Waals surface area contributed by atoms with Gasteiger partial charge in [-0.25, -0.2) is 0 Å². The van der Waals surface area contributed by atoms with Crippen molar-refractivity contribution in [1.82, 2.24) is 10.2 Å². The van der Waals surface area contributed by atoms with Crippen LogP contribution in [-0.4, -0.2) is 63.0 Å². The van der Waals surface area contributed by atoms with E-state index in [2.05, 4.69) is 17.6 Å². The molecular weight excluding hydrogens is 486 g/mol. The number of amides is 3. The Labute approximate surface area is 216 Å². The first-order valence-corrected chi connectivity index (χ1v) is 13.9. The van der Waals surface area contributed by atoms with Crippen molar-refractivity contribution < 1.29 is 19.5 Å². The van der Waals surface area contributed by atoms with Gasteiger partial charge >= 0.3 is 0 Å². The molecule has 0 aromatic heterocycles. The smallest absolute Gasteiger partial charge is 0.248 e. The summed E-state index contributed by atoms with van der Waals surface area (Å²) >= 11 is 7.97. The summed E-state index contributed by atoms with van der Waals surface area (Å²) in [6.45, 7) is 8.47. The van der Waals surface area contributed by atoms with Crippen molar-refractivity contribution in [1.29, 1.82) is 0 Å². The molecule has 9 heteroatoms. The SMILES string of the molecule is CCCNC(=O)[C@@H]1[C@H]2C(=O)N([C@@H](CO)CC(C)C)C(C(=O)Nc3ccccc3Cl)C23S[C@@H]1CC3C. The topological polar surface area (TPSA) is 98.7 Å². The molecule has 0 aliphatic carbocycles. The second-order valence-corrected chi connectivity index (χ2v) is 12.5. The zero-order valence-corrected chi connectivity index (χ0v) is 22.4. The molecule has 7 nitrogen and oxygen atoms in total. The van der Waals surface area contributed by atoms with E-state index in [0.29, 0.717) is 23.7 Å².